The monoisotopic (exact) mass is 446 g/mol. The van der Waals surface area contributed by atoms with Crippen LogP contribution in [-0.2, 0) is 35.0 Å². The lowest BCUT2D eigenvalue weighted by Crippen LogP contribution is -2.67. The summed E-state index contributed by atoms with van der Waals surface area (Å²) in [5, 5.41) is 0. The van der Waals surface area contributed by atoms with Crippen molar-refractivity contribution in [1.82, 2.24) is 0 Å². The Hall–Kier alpha value is -2.31. The molecule has 7 heteroatoms. The van der Waals surface area contributed by atoms with Crippen LogP contribution in [0.25, 0.3) is 0 Å². The van der Waals surface area contributed by atoms with Crippen LogP contribution in [0.15, 0.2) is 16.7 Å². The molecule has 7 atom stereocenters. The second kappa shape index (κ2) is 7.92. The largest absolute Gasteiger partial charge is 0.469 e. The van der Waals surface area contributed by atoms with Crippen LogP contribution in [0, 0.1) is 28.6 Å². The molecule has 176 valence electrons. The molecule has 0 saturated heterocycles. The summed E-state index contributed by atoms with van der Waals surface area (Å²) in [7, 11) is 1.37. The highest BCUT2D eigenvalue weighted by atomic mass is 16.6. The van der Waals surface area contributed by atoms with Crippen LogP contribution in [0.5, 0.6) is 0 Å². The van der Waals surface area contributed by atoms with Gasteiger partial charge in [0.05, 0.1) is 19.3 Å². The van der Waals surface area contributed by atoms with Crippen molar-refractivity contribution < 1.29 is 33.0 Å². The highest BCUT2D eigenvalue weighted by molar-refractivity contribution is 5.80. The molecule has 32 heavy (non-hydrogen) atoms. The van der Waals surface area contributed by atoms with Crippen molar-refractivity contribution in [2.24, 2.45) is 28.6 Å². The first-order valence-electron chi connectivity index (χ1n) is 11.5. The normalized spacial score (nSPS) is 37.3. The van der Waals surface area contributed by atoms with Crippen molar-refractivity contribution in [2.75, 3.05) is 7.11 Å². The molecule has 2 saturated carbocycles. The number of furan rings is 1. The average Bonchev–Trinajstić information content (AvgIpc) is 3.16. The third-order valence-corrected chi connectivity index (χ3v) is 8.40. The Morgan fingerprint density at radius 2 is 1.69 bits per heavy atom. The summed E-state index contributed by atoms with van der Waals surface area (Å²) in [4.78, 5) is 37.6. The van der Waals surface area contributed by atoms with Crippen molar-refractivity contribution in [1.29, 1.82) is 0 Å². The summed E-state index contributed by atoms with van der Waals surface area (Å²) >= 11 is 0. The number of hydrogen-bond donors (Lipinski definition) is 0. The van der Waals surface area contributed by atoms with E-state index in [1.165, 1.54) is 21.0 Å². The van der Waals surface area contributed by atoms with E-state index in [1.54, 1.807) is 12.3 Å². The highest BCUT2D eigenvalue weighted by Gasteiger charge is 2.67. The molecule has 0 aromatic carbocycles. The number of carbonyl (C=O) groups excluding carboxylic acids is 3. The van der Waals surface area contributed by atoms with Gasteiger partial charge in [0.15, 0.2) is 0 Å². The zero-order valence-corrected chi connectivity index (χ0v) is 19.8. The maximum absolute atomic E-state index is 13.1. The maximum Gasteiger partial charge on any atom is 0.313 e. The number of esters is 3. The Morgan fingerprint density at radius 1 is 1.03 bits per heavy atom. The second-order valence-corrected chi connectivity index (χ2v) is 10.7. The summed E-state index contributed by atoms with van der Waals surface area (Å²) in [5.41, 5.74) is 0.398. The molecule has 2 fully saturated rings. The van der Waals surface area contributed by atoms with Gasteiger partial charge in [-0.05, 0) is 35.7 Å². The molecule has 0 aliphatic heterocycles. The van der Waals surface area contributed by atoms with Crippen molar-refractivity contribution in [2.45, 2.75) is 78.4 Å². The average molecular weight is 447 g/mol. The fraction of sp³-hybridized carbons (Fsp3) is 0.720. The van der Waals surface area contributed by atoms with E-state index < -0.39 is 36.0 Å². The minimum absolute atomic E-state index is 0.00554. The van der Waals surface area contributed by atoms with Gasteiger partial charge in [-0.25, -0.2) is 0 Å². The predicted octanol–water partition coefficient (Wildman–Crippen LogP) is 4.03. The third-order valence-electron chi connectivity index (χ3n) is 8.40. The molecule has 3 aliphatic carbocycles. The molecule has 1 heterocycles. The first-order chi connectivity index (χ1) is 15.0. The van der Waals surface area contributed by atoms with E-state index in [0.29, 0.717) is 6.42 Å². The van der Waals surface area contributed by atoms with Crippen molar-refractivity contribution in [3.8, 4) is 0 Å². The Morgan fingerprint density at radius 3 is 2.31 bits per heavy atom. The standard InChI is InChI=1S/C25H34O7/c1-13(26)31-20-19-16(12-17-15(8-11-30-17)18(19)23(28)29-6)25(5)10-7-9-24(3,4)22(25)21(20)32-14(2)27/h8,11,16,18-22H,7,9-10,12H2,1-6H3/t16-,18+,19-,20+,21-,22+,25+/m0/s1. The molecule has 0 amide bonds. The van der Waals surface area contributed by atoms with Gasteiger partial charge < -0.3 is 18.6 Å². The van der Waals surface area contributed by atoms with Crippen molar-refractivity contribution in [3.63, 3.8) is 0 Å². The molecule has 1 aromatic rings. The molecule has 1 aromatic heterocycles. The summed E-state index contributed by atoms with van der Waals surface area (Å²) in [6.07, 6.45) is 3.84. The van der Waals surface area contributed by atoms with Crippen LogP contribution in [0.1, 0.15) is 71.1 Å². The lowest BCUT2D eigenvalue weighted by molar-refractivity contribution is -0.238. The van der Waals surface area contributed by atoms with Gasteiger partial charge in [0.25, 0.3) is 0 Å². The zero-order valence-electron chi connectivity index (χ0n) is 19.8. The molecule has 3 aliphatic rings. The van der Waals surface area contributed by atoms with Gasteiger partial charge >= 0.3 is 17.9 Å². The number of carbonyl (C=O) groups is 3. The van der Waals surface area contributed by atoms with Crippen LogP contribution in [0.2, 0.25) is 0 Å². The first kappa shape index (κ1) is 22.9. The Bertz CT molecular complexity index is 915. The topological polar surface area (TPSA) is 92.0 Å². The van der Waals surface area contributed by atoms with Gasteiger partial charge in [-0.2, -0.15) is 0 Å². The molecule has 0 bridgehead atoms. The van der Waals surface area contributed by atoms with E-state index in [0.717, 1.165) is 30.6 Å². The van der Waals surface area contributed by atoms with E-state index in [1.807, 2.05) is 0 Å². The molecular formula is C25H34O7. The minimum Gasteiger partial charge on any atom is -0.469 e. The van der Waals surface area contributed by atoms with Gasteiger partial charge in [0.1, 0.15) is 18.0 Å². The number of methoxy groups -OCH3 is 1. The van der Waals surface area contributed by atoms with Crippen LogP contribution in [0.3, 0.4) is 0 Å². The van der Waals surface area contributed by atoms with E-state index >= 15 is 0 Å². The molecular weight excluding hydrogens is 412 g/mol. The molecule has 7 nitrogen and oxygen atoms in total. The van der Waals surface area contributed by atoms with Gasteiger partial charge in [-0.1, -0.05) is 27.2 Å². The number of ether oxygens (including phenoxy) is 3. The van der Waals surface area contributed by atoms with Crippen LogP contribution in [0.4, 0.5) is 0 Å². The first-order valence-corrected chi connectivity index (χ1v) is 11.5. The number of hydrogen-bond acceptors (Lipinski definition) is 7. The maximum atomic E-state index is 13.1. The van der Waals surface area contributed by atoms with E-state index in [2.05, 4.69) is 20.8 Å². The van der Waals surface area contributed by atoms with E-state index in [-0.39, 0.29) is 28.6 Å². The number of fused-ring (bicyclic) bond motifs is 4. The Labute approximate surface area is 189 Å². The smallest absolute Gasteiger partial charge is 0.313 e. The molecule has 0 unspecified atom stereocenters. The van der Waals surface area contributed by atoms with Crippen molar-refractivity contribution in [3.05, 3.63) is 23.7 Å². The molecule has 0 spiro atoms. The second-order valence-electron chi connectivity index (χ2n) is 10.7. The summed E-state index contributed by atoms with van der Waals surface area (Å²) in [6.45, 7) is 9.40. The predicted molar refractivity (Wildman–Crippen MR) is 114 cm³/mol. The lowest BCUT2D eigenvalue weighted by Gasteiger charge is -2.64. The molecule has 4 rings (SSSR count). The third kappa shape index (κ3) is 3.44. The summed E-state index contributed by atoms with van der Waals surface area (Å²) in [5.74, 6) is -1.53. The van der Waals surface area contributed by atoms with Gasteiger partial charge in [0.2, 0.25) is 0 Å². The Balaban J connectivity index is 1.95. The van der Waals surface area contributed by atoms with E-state index in [9.17, 15) is 14.4 Å². The summed E-state index contributed by atoms with van der Waals surface area (Å²) < 4.78 is 22.9. The van der Waals surface area contributed by atoms with E-state index in [4.69, 9.17) is 18.6 Å². The quantitative estimate of drug-likeness (QED) is 0.511. The van der Waals surface area contributed by atoms with Crippen molar-refractivity contribution >= 4 is 17.9 Å². The Kier molecular flexibility index (Phi) is 5.66. The minimum atomic E-state index is -0.746. The van der Waals surface area contributed by atoms with Crippen LogP contribution in [-0.4, -0.2) is 37.2 Å². The van der Waals surface area contributed by atoms with Gasteiger partial charge in [-0.3, -0.25) is 14.4 Å². The SMILES string of the molecule is COC(=O)[C@@H]1c2ccoc2C[C@H]2[C@@H]1[C@@H](OC(C)=O)[C@H](OC(C)=O)[C@@H]1C(C)(C)CCC[C@@]12C. The van der Waals surface area contributed by atoms with Crippen LogP contribution < -0.4 is 0 Å². The summed E-state index contributed by atoms with van der Waals surface area (Å²) in [6, 6.07) is 1.80. The van der Waals surface area contributed by atoms with Crippen LogP contribution >= 0.6 is 0 Å². The highest BCUT2D eigenvalue weighted by Crippen LogP contribution is 2.66. The van der Waals surface area contributed by atoms with Gasteiger partial charge in [0, 0.05) is 37.7 Å². The zero-order chi connectivity index (χ0) is 23.4. The van der Waals surface area contributed by atoms with Gasteiger partial charge in [-0.15, -0.1) is 0 Å². The lowest BCUT2D eigenvalue weighted by atomic mass is 9.42. The number of rotatable bonds is 3. The molecule has 0 radical (unpaired) electrons. The molecule has 0 N–H and O–H groups in total. The fourth-order valence-corrected chi connectivity index (χ4v) is 7.51. The fourth-order valence-electron chi connectivity index (χ4n) is 7.51.